The van der Waals surface area contributed by atoms with Crippen molar-refractivity contribution in [2.45, 2.75) is 51.2 Å². The van der Waals surface area contributed by atoms with Crippen LogP contribution in [0.3, 0.4) is 0 Å². The number of carbonyl (C=O) groups excluding carboxylic acids is 1. The Hall–Kier alpha value is -1.31. The summed E-state index contributed by atoms with van der Waals surface area (Å²) in [6.07, 6.45) is 3.84. The molecule has 0 saturated heterocycles. The van der Waals surface area contributed by atoms with Gasteiger partial charge in [0.15, 0.2) is 15.8 Å². The van der Waals surface area contributed by atoms with E-state index in [1.54, 1.807) is 46.8 Å². The van der Waals surface area contributed by atoms with Crippen LogP contribution in [0, 0.1) is 5.41 Å². The second-order valence-electron chi connectivity index (χ2n) is 7.97. The van der Waals surface area contributed by atoms with E-state index in [4.69, 9.17) is 0 Å². The summed E-state index contributed by atoms with van der Waals surface area (Å²) in [6.45, 7) is 5.90. The van der Waals surface area contributed by atoms with Crippen LogP contribution in [0.25, 0.3) is 0 Å². The first-order valence-corrected chi connectivity index (χ1v) is 10.5. The zero-order valence-corrected chi connectivity index (χ0v) is 17.3. The molecule has 1 rings (SSSR count). The highest BCUT2D eigenvalue weighted by atomic mass is 32.2. The summed E-state index contributed by atoms with van der Waals surface area (Å²) < 4.78 is 23.5. The van der Waals surface area contributed by atoms with Gasteiger partial charge in [0.2, 0.25) is 5.91 Å². The lowest BCUT2D eigenvalue weighted by molar-refractivity contribution is -0.138. The Balaban J connectivity index is 2.61. The van der Waals surface area contributed by atoms with E-state index < -0.39 is 20.0 Å². The summed E-state index contributed by atoms with van der Waals surface area (Å²) in [6, 6.07) is 0. The summed E-state index contributed by atoms with van der Waals surface area (Å²) in [5.74, 6) is 0.712. The molecule has 1 fully saturated rings. The van der Waals surface area contributed by atoms with Gasteiger partial charge in [-0.15, -0.1) is 0 Å². The molecule has 0 aliphatic heterocycles. The van der Waals surface area contributed by atoms with Gasteiger partial charge in [-0.2, -0.15) is 0 Å². The standard InChI is InChI=1S/C17H34N4O3S/c1-16(2,3)25(23,24)12-11-19-15(18-4)20-13-17(9-7-8-10-17)14(22)21(5)6/h7-13H2,1-6H3,(H2,18,19,20). The van der Waals surface area contributed by atoms with Crippen LogP contribution in [0.5, 0.6) is 0 Å². The predicted molar refractivity (Wildman–Crippen MR) is 102 cm³/mol. The van der Waals surface area contributed by atoms with Crippen molar-refractivity contribution in [3.8, 4) is 0 Å². The number of sulfone groups is 1. The molecule has 1 saturated carbocycles. The Bertz CT molecular complexity index is 586. The third-order valence-corrected chi connectivity index (χ3v) is 7.44. The lowest BCUT2D eigenvalue weighted by atomic mass is 9.84. The Morgan fingerprint density at radius 3 is 2.16 bits per heavy atom. The van der Waals surface area contributed by atoms with Crippen LogP contribution in [0.4, 0.5) is 0 Å². The minimum absolute atomic E-state index is 0.0406. The molecule has 1 amide bonds. The van der Waals surface area contributed by atoms with Gasteiger partial charge in [0, 0.05) is 34.2 Å². The Labute approximate surface area is 152 Å². The van der Waals surface area contributed by atoms with Gasteiger partial charge in [-0.25, -0.2) is 8.42 Å². The number of nitrogens with one attached hydrogen (secondary N) is 2. The maximum Gasteiger partial charge on any atom is 0.230 e. The van der Waals surface area contributed by atoms with Crippen molar-refractivity contribution in [2.24, 2.45) is 10.4 Å². The molecule has 0 radical (unpaired) electrons. The molecule has 1 aliphatic rings. The fraction of sp³-hybridized carbons (Fsp3) is 0.882. The summed E-state index contributed by atoms with van der Waals surface area (Å²) in [5, 5.41) is 6.25. The van der Waals surface area contributed by atoms with Gasteiger partial charge in [-0.05, 0) is 33.6 Å². The predicted octanol–water partition coefficient (Wildman–Crippen LogP) is 1.01. The molecule has 0 spiro atoms. The molecule has 146 valence electrons. The first-order valence-electron chi connectivity index (χ1n) is 8.84. The minimum Gasteiger partial charge on any atom is -0.355 e. The van der Waals surface area contributed by atoms with E-state index in [0.29, 0.717) is 12.5 Å². The van der Waals surface area contributed by atoms with Gasteiger partial charge in [-0.1, -0.05) is 12.8 Å². The average molecular weight is 375 g/mol. The normalized spacial score (nSPS) is 18.1. The fourth-order valence-corrected chi connectivity index (χ4v) is 4.06. The van der Waals surface area contributed by atoms with Gasteiger partial charge in [-0.3, -0.25) is 9.79 Å². The highest BCUT2D eigenvalue weighted by molar-refractivity contribution is 7.92. The maximum atomic E-state index is 12.6. The molecule has 0 aromatic carbocycles. The van der Waals surface area contributed by atoms with Crippen molar-refractivity contribution in [3.05, 3.63) is 0 Å². The number of guanidine groups is 1. The quantitative estimate of drug-likeness (QED) is 0.535. The van der Waals surface area contributed by atoms with E-state index in [2.05, 4.69) is 15.6 Å². The zero-order valence-electron chi connectivity index (χ0n) is 16.5. The molecule has 0 aromatic rings. The zero-order chi connectivity index (χ0) is 19.3. The number of nitrogens with zero attached hydrogens (tertiary/aromatic N) is 2. The molecular weight excluding hydrogens is 340 g/mol. The SMILES string of the molecule is CN=C(NCCS(=O)(=O)C(C)(C)C)NCC1(C(=O)N(C)C)CCCC1. The van der Waals surface area contributed by atoms with Gasteiger partial charge in [0.1, 0.15) is 0 Å². The Morgan fingerprint density at radius 1 is 1.16 bits per heavy atom. The van der Waals surface area contributed by atoms with Crippen molar-refractivity contribution in [2.75, 3.05) is 40.0 Å². The van der Waals surface area contributed by atoms with Crippen molar-refractivity contribution < 1.29 is 13.2 Å². The van der Waals surface area contributed by atoms with Gasteiger partial charge in [0.25, 0.3) is 0 Å². The lowest BCUT2D eigenvalue weighted by Gasteiger charge is -2.31. The average Bonchev–Trinajstić information content (AvgIpc) is 2.98. The molecule has 0 heterocycles. The molecule has 1 aliphatic carbocycles. The first kappa shape index (κ1) is 21.7. The molecule has 7 nitrogen and oxygen atoms in total. The third kappa shape index (κ3) is 5.59. The van der Waals surface area contributed by atoms with Crippen LogP contribution in [-0.2, 0) is 14.6 Å². The highest BCUT2D eigenvalue weighted by Gasteiger charge is 2.42. The fourth-order valence-electron chi connectivity index (χ4n) is 3.08. The van der Waals surface area contributed by atoms with Gasteiger partial charge < -0.3 is 15.5 Å². The van der Waals surface area contributed by atoms with Crippen LogP contribution in [0.1, 0.15) is 46.5 Å². The highest BCUT2D eigenvalue weighted by Crippen LogP contribution is 2.38. The lowest BCUT2D eigenvalue weighted by Crippen LogP contribution is -2.49. The van der Waals surface area contributed by atoms with Crippen LogP contribution in [0.2, 0.25) is 0 Å². The molecular formula is C17H34N4O3S. The van der Waals surface area contributed by atoms with Crippen molar-refractivity contribution >= 4 is 21.7 Å². The molecule has 8 heteroatoms. The van der Waals surface area contributed by atoms with E-state index in [9.17, 15) is 13.2 Å². The molecule has 2 N–H and O–H groups in total. The molecule has 0 aromatic heterocycles. The molecule has 0 bridgehead atoms. The van der Waals surface area contributed by atoms with E-state index in [1.165, 1.54) is 0 Å². The Kier molecular flexibility index (Phi) is 7.28. The monoisotopic (exact) mass is 374 g/mol. The summed E-state index contributed by atoms with van der Waals surface area (Å²) in [4.78, 5) is 18.4. The summed E-state index contributed by atoms with van der Waals surface area (Å²) in [5.41, 5.74) is -0.390. The second kappa shape index (κ2) is 8.38. The number of carbonyl (C=O) groups is 1. The Morgan fingerprint density at radius 2 is 1.72 bits per heavy atom. The van der Waals surface area contributed by atoms with Crippen LogP contribution in [-0.4, -0.2) is 69.9 Å². The van der Waals surface area contributed by atoms with Crippen LogP contribution >= 0.6 is 0 Å². The number of rotatable bonds is 6. The van der Waals surface area contributed by atoms with Gasteiger partial charge >= 0.3 is 0 Å². The number of hydrogen-bond acceptors (Lipinski definition) is 4. The van der Waals surface area contributed by atoms with Crippen molar-refractivity contribution in [1.82, 2.24) is 15.5 Å². The second-order valence-corrected chi connectivity index (χ2v) is 10.8. The molecule has 0 unspecified atom stereocenters. The van der Waals surface area contributed by atoms with Crippen LogP contribution < -0.4 is 10.6 Å². The molecule has 25 heavy (non-hydrogen) atoms. The number of hydrogen-bond donors (Lipinski definition) is 2. The summed E-state index contributed by atoms with van der Waals surface area (Å²) in [7, 11) is 2.04. The van der Waals surface area contributed by atoms with Gasteiger partial charge in [0.05, 0.1) is 15.9 Å². The number of amides is 1. The number of aliphatic imine (C=N–C) groups is 1. The van der Waals surface area contributed by atoms with E-state index in [0.717, 1.165) is 25.7 Å². The van der Waals surface area contributed by atoms with E-state index in [1.807, 2.05) is 0 Å². The van der Waals surface area contributed by atoms with Crippen LogP contribution in [0.15, 0.2) is 4.99 Å². The van der Waals surface area contributed by atoms with E-state index in [-0.39, 0.29) is 18.2 Å². The first-order chi connectivity index (χ1) is 11.5. The van der Waals surface area contributed by atoms with Crippen molar-refractivity contribution in [3.63, 3.8) is 0 Å². The third-order valence-electron chi connectivity index (χ3n) is 4.83. The maximum absolute atomic E-state index is 12.6. The smallest absolute Gasteiger partial charge is 0.230 e. The summed E-state index contributed by atoms with van der Waals surface area (Å²) >= 11 is 0. The topological polar surface area (TPSA) is 90.9 Å². The van der Waals surface area contributed by atoms with E-state index >= 15 is 0 Å². The largest absolute Gasteiger partial charge is 0.355 e. The minimum atomic E-state index is -3.18. The molecule has 0 atom stereocenters. The van der Waals surface area contributed by atoms with Crippen molar-refractivity contribution in [1.29, 1.82) is 0 Å².